The summed E-state index contributed by atoms with van der Waals surface area (Å²) in [6.45, 7) is 5.34. The predicted octanol–water partition coefficient (Wildman–Crippen LogP) is 4.92. The van der Waals surface area contributed by atoms with Crippen molar-refractivity contribution in [3.05, 3.63) is 31.2 Å². The van der Waals surface area contributed by atoms with Crippen LogP contribution in [0, 0.1) is 13.5 Å². The van der Waals surface area contributed by atoms with Crippen molar-refractivity contribution in [1.82, 2.24) is 0 Å². The number of benzene rings is 1. The second-order valence-electron chi connectivity index (χ2n) is 5.81. The van der Waals surface area contributed by atoms with Crippen LogP contribution >= 0.6 is 0 Å². The van der Waals surface area contributed by atoms with Gasteiger partial charge in [0, 0.05) is 0 Å². The Bertz CT molecular complexity index is 504. The molecule has 0 bridgehead atoms. The number of hydrogen-bond acceptors (Lipinski definition) is 6. The third kappa shape index (κ3) is 7.52. The fraction of sp³-hybridized carbons (Fsp3) is 0.550. The normalized spacial score (nSPS) is 10.5. The fourth-order valence-corrected chi connectivity index (χ4v) is 2.48. The molecule has 0 N–H and O–H groups in total. The summed E-state index contributed by atoms with van der Waals surface area (Å²) in [6, 6.07) is 3.03. The molecule has 0 saturated carbocycles. The Kier molecular flexibility index (Phi) is 11.3. The first-order valence-electron chi connectivity index (χ1n) is 8.96. The van der Waals surface area contributed by atoms with Crippen LogP contribution in [0.25, 0.3) is 0 Å². The average molecular weight is 366 g/mol. The van der Waals surface area contributed by atoms with Crippen LogP contribution in [0.4, 0.5) is 0 Å². The largest absolute Gasteiger partial charge is 0.493 e. The minimum atomic E-state index is -0.631. The van der Waals surface area contributed by atoms with Gasteiger partial charge in [0.05, 0.1) is 26.9 Å². The van der Waals surface area contributed by atoms with E-state index in [1.54, 1.807) is 0 Å². The van der Waals surface area contributed by atoms with Gasteiger partial charge in [0.2, 0.25) is 5.75 Å². The summed E-state index contributed by atoms with van der Waals surface area (Å²) >= 11 is 0. The van der Waals surface area contributed by atoms with Gasteiger partial charge < -0.3 is 14.2 Å². The molecule has 0 spiro atoms. The van der Waals surface area contributed by atoms with Crippen LogP contribution in [0.3, 0.4) is 0 Å². The first kappa shape index (κ1) is 22.1. The summed E-state index contributed by atoms with van der Waals surface area (Å²) < 4.78 is 15.6. The minimum Gasteiger partial charge on any atom is -0.493 e. The number of carbonyl (C=O) groups excluding carboxylic acids is 1. The molecule has 0 aromatic heterocycles. The van der Waals surface area contributed by atoms with Gasteiger partial charge in [-0.05, 0) is 18.6 Å². The van der Waals surface area contributed by atoms with E-state index in [1.165, 1.54) is 65.8 Å². The molecule has 6 heteroatoms. The second kappa shape index (κ2) is 13.3. The van der Waals surface area contributed by atoms with Gasteiger partial charge >= 0.3 is 5.97 Å². The maximum absolute atomic E-state index is 12.1. The smallest absolute Gasteiger partial charge is 0.373 e. The van der Waals surface area contributed by atoms with Gasteiger partial charge in [-0.25, -0.2) is 4.79 Å². The predicted molar refractivity (Wildman–Crippen MR) is 99.2 cm³/mol. The van der Waals surface area contributed by atoms with Gasteiger partial charge in [0.25, 0.3) is 0 Å². The molecule has 2 radical (unpaired) electrons. The Balaban J connectivity index is 2.33. The zero-order valence-corrected chi connectivity index (χ0v) is 16.0. The van der Waals surface area contributed by atoms with Crippen molar-refractivity contribution in [2.24, 2.45) is 0 Å². The van der Waals surface area contributed by atoms with E-state index in [9.17, 15) is 4.79 Å². The van der Waals surface area contributed by atoms with Crippen molar-refractivity contribution in [3.8, 4) is 17.2 Å². The van der Waals surface area contributed by atoms with Gasteiger partial charge in [-0.15, -0.1) is 0 Å². The molecule has 0 unspecified atom stereocenters. The Labute approximate surface area is 156 Å². The monoisotopic (exact) mass is 366 g/mol. The Morgan fingerprint density at radius 1 is 0.923 bits per heavy atom. The van der Waals surface area contributed by atoms with E-state index in [0.29, 0.717) is 17.2 Å². The van der Waals surface area contributed by atoms with Crippen LogP contribution in [-0.2, 0) is 9.78 Å². The minimum absolute atomic E-state index is 0.248. The maximum Gasteiger partial charge on any atom is 0.373 e. The topological polar surface area (TPSA) is 63.2 Å². The highest BCUT2D eigenvalue weighted by atomic mass is 17.2. The van der Waals surface area contributed by atoms with Crippen LogP contribution in [0.5, 0.6) is 17.2 Å². The highest BCUT2D eigenvalue weighted by molar-refractivity contribution is 5.90. The first-order valence-corrected chi connectivity index (χ1v) is 8.96. The number of unbranched alkanes of at least 4 members (excludes halogenated alkanes) is 7. The molecular weight excluding hydrogens is 336 g/mol. The fourth-order valence-electron chi connectivity index (χ4n) is 2.48. The molecule has 0 aliphatic rings. The lowest BCUT2D eigenvalue weighted by molar-refractivity contribution is -0.213. The third-order valence-electron chi connectivity index (χ3n) is 3.91. The summed E-state index contributed by atoms with van der Waals surface area (Å²) in [6.07, 6.45) is 8.79. The molecule has 0 amide bonds. The molecule has 1 aromatic carbocycles. The number of methoxy groups -OCH3 is 3. The van der Waals surface area contributed by atoms with Crippen molar-refractivity contribution >= 4 is 5.97 Å². The lowest BCUT2D eigenvalue weighted by atomic mass is 10.1. The number of hydrogen-bond donors (Lipinski definition) is 0. The van der Waals surface area contributed by atoms with Gasteiger partial charge in [-0.1, -0.05) is 51.9 Å². The van der Waals surface area contributed by atoms with E-state index in [-0.39, 0.29) is 5.56 Å². The van der Waals surface area contributed by atoms with Gasteiger partial charge in [-0.2, -0.15) is 4.89 Å². The van der Waals surface area contributed by atoms with E-state index in [0.717, 1.165) is 25.7 Å². The van der Waals surface area contributed by atoms with E-state index in [1.807, 2.05) is 0 Å². The highest BCUT2D eigenvalue weighted by Gasteiger charge is 2.18. The van der Waals surface area contributed by atoms with Crippen LogP contribution in [0.2, 0.25) is 0 Å². The summed E-state index contributed by atoms with van der Waals surface area (Å²) in [5.74, 6) is 0.533. The van der Waals surface area contributed by atoms with Crippen molar-refractivity contribution < 1.29 is 28.8 Å². The molecule has 146 valence electrons. The quantitative estimate of drug-likeness (QED) is 0.265. The molecule has 6 nitrogen and oxygen atoms in total. The van der Waals surface area contributed by atoms with Crippen LogP contribution in [-0.4, -0.2) is 27.3 Å². The Morgan fingerprint density at radius 3 is 2.04 bits per heavy atom. The Morgan fingerprint density at radius 2 is 1.50 bits per heavy atom. The van der Waals surface area contributed by atoms with Crippen LogP contribution < -0.4 is 14.2 Å². The highest BCUT2D eigenvalue weighted by Crippen LogP contribution is 2.38. The van der Waals surface area contributed by atoms with Crippen molar-refractivity contribution in [3.63, 3.8) is 0 Å². The lowest BCUT2D eigenvalue weighted by Gasteiger charge is -2.13. The van der Waals surface area contributed by atoms with Crippen LogP contribution in [0.1, 0.15) is 61.7 Å². The number of rotatable bonds is 14. The van der Waals surface area contributed by atoms with Crippen LogP contribution in [0.15, 0.2) is 12.1 Å². The van der Waals surface area contributed by atoms with E-state index < -0.39 is 5.97 Å². The SMILES string of the molecule is [CH2]CCCCCCCC[CH]OOC(=O)c1cc(OC)c(OC)c(OC)c1. The van der Waals surface area contributed by atoms with Crippen molar-refractivity contribution in [2.45, 2.75) is 51.4 Å². The van der Waals surface area contributed by atoms with Gasteiger partial charge in [0.15, 0.2) is 11.5 Å². The third-order valence-corrected chi connectivity index (χ3v) is 3.91. The zero-order valence-electron chi connectivity index (χ0n) is 16.0. The summed E-state index contributed by atoms with van der Waals surface area (Å²) in [7, 11) is 4.46. The van der Waals surface area contributed by atoms with E-state index in [4.69, 9.17) is 24.0 Å². The van der Waals surface area contributed by atoms with Gasteiger partial charge in [-0.3, -0.25) is 4.89 Å². The van der Waals surface area contributed by atoms with Crippen molar-refractivity contribution in [2.75, 3.05) is 21.3 Å². The molecule has 26 heavy (non-hydrogen) atoms. The van der Waals surface area contributed by atoms with E-state index in [2.05, 4.69) is 6.92 Å². The molecule has 1 rings (SSSR count). The standard InChI is InChI=1S/C20H30O6/c1-5-6-7-8-9-10-11-12-13-25-26-20(21)16-14-17(22-2)19(24-4)18(15-16)23-3/h13-15H,1,5-12H2,2-4H3. The summed E-state index contributed by atoms with van der Waals surface area (Å²) in [5, 5.41) is 0. The molecule has 0 saturated heterocycles. The van der Waals surface area contributed by atoms with E-state index >= 15 is 0 Å². The zero-order chi connectivity index (χ0) is 19.2. The molecule has 1 aromatic rings. The van der Waals surface area contributed by atoms with Gasteiger partial charge in [0.1, 0.15) is 6.61 Å². The van der Waals surface area contributed by atoms with Crippen molar-refractivity contribution in [1.29, 1.82) is 0 Å². The summed E-state index contributed by atoms with van der Waals surface area (Å²) in [5.41, 5.74) is 0.248. The molecule has 0 aliphatic carbocycles. The molecule has 0 aliphatic heterocycles. The second-order valence-corrected chi connectivity index (χ2v) is 5.81. The average Bonchev–Trinajstić information content (AvgIpc) is 2.67. The Hall–Kier alpha value is -1.95. The lowest BCUT2D eigenvalue weighted by Crippen LogP contribution is -2.07. The maximum atomic E-state index is 12.1. The first-order chi connectivity index (χ1) is 12.7. The molecule has 0 fully saturated rings. The number of ether oxygens (including phenoxy) is 3. The number of carbonyl (C=O) groups is 1. The molecular formula is C20H30O6. The summed E-state index contributed by atoms with van der Waals surface area (Å²) in [4.78, 5) is 21.8. The molecule has 0 atom stereocenters. The molecule has 0 heterocycles.